The van der Waals surface area contributed by atoms with E-state index in [2.05, 4.69) is 0 Å². The Labute approximate surface area is 94.6 Å². The highest BCUT2D eigenvalue weighted by molar-refractivity contribution is 8.13. The van der Waals surface area contributed by atoms with Gasteiger partial charge in [0.05, 0.1) is 0 Å². The molecule has 0 aliphatic heterocycles. The predicted molar refractivity (Wildman–Crippen MR) is 66.5 cm³/mol. The third kappa shape index (κ3) is 4.81. The van der Waals surface area contributed by atoms with Gasteiger partial charge in [0.2, 0.25) is 0 Å². The van der Waals surface area contributed by atoms with Crippen LogP contribution >= 0.6 is 11.8 Å². The van der Waals surface area contributed by atoms with Crippen LogP contribution in [-0.2, 0) is 11.3 Å². The first-order valence-electron chi connectivity index (χ1n) is 4.81. The highest BCUT2D eigenvalue weighted by Gasteiger charge is 1.91. The number of rotatable bonds is 4. The van der Waals surface area contributed by atoms with Crippen LogP contribution < -0.4 is 5.73 Å². The molecule has 2 nitrogen and oxygen atoms in total. The van der Waals surface area contributed by atoms with Gasteiger partial charge in [-0.3, -0.25) is 4.79 Å². The van der Waals surface area contributed by atoms with Crippen molar-refractivity contribution >= 4 is 23.0 Å². The fourth-order valence-electron chi connectivity index (χ4n) is 1.11. The molecular weight excluding hydrogens is 206 g/mol. The summed E-state index contributed by atoms with van der Waals surface area (Å²) in [6.07, 6.45) is 4.00. The Morgan fingerprint density at radius 1 is 1.40 bits per heavy atom. The van der Waals surface area contributed by atoms with Gasteiger partial charge < -0.3 is 5.73 Å². The average molecular weight is 221 g/mol. The number of hydrogen-bond acceptors (Lipinski definition) is 3. The fourth-order valence-corrected chi connectivity index (χ4v) is 1.54. The SMILES string of the molecule is CC(=O)SCC=Cc1ccc(CN)cc1. The predicted octanol–water partition coefficient (Wildman–Crippen LogP) is 2.44. The van der Waals surface area contributed by atoms with Crippen molar-refractivity contribution in [2.45, 2.75) is 13.5 Å². The zero-order chi connectivity index (χ0) is 11.1. The minimum Gasteiger partial charge on any atom is -0.326 e. The van der Waals surface area contributed by atoms with Gasteiger partial charge in [-0.25, -0.2) is 0 Å². The van der Waals surface area contributed by atoms with Crippen molar-refractivity contribution in [3.8, 4) is 0 Å². The van der Waals surface area contributed by atoms with E-state index in [1.165, 1.54) is 11.8 Å². The van der Waals surface area contributed by atoms with Gasteiger partial charge in [-0.1, -0.05) is 48.2 Å². The lowest BCUT2D eigenvalue weighted by molar-refractivity contribution is -0.109. The van der Waals surface area contributed by atoms with Crippen LogP contribution in [0.15, 0.2) is 30.3 Å². The number of carbonyl (C=O) groups is 1. The number of hydrogen-bond donors (Lipinski definition) is 1. The van der Waals surface area contributed by atoms with Gasteiger partial charge in [0.15, 0.2) is 5.12 Å². The molecule has 0 heterocycles. The van der Waals surface area contributed by atoms with Crippen molar-refractivity contribution in [3.05, 3.63) is 41.5 Å². The van der Waals surface area contributed by atoms with Crippen molar-refractivity contribution in [1.29, 1.82) is 0 Å². The lowest BCUT2D eigenvalue weighted by Crippen LogP contribution is -1.94. The summed E-state index contributed by atoms with van der Waals surface area (Å²) in [7, 11) is 0. The Hall–Kier alpha value is -1.06. The van der Waals surface area contributed by atoms with E-state index in [0.717, 1.165) is 16.9 Å². The second-order valence-corrected chi connectivity index (χ2v) is 4.35. The van der Waals surface area contributed by atoms with E-state index in [-0.39, 0.29) is 5.12 Å². The average Bonchev–Trinajstić information content (AvgIpc) is 2.25. The summed E-state index contributed by atoms with van der Waals surface area (Å²) in [5.74, 6) is 0.730. The van der Waals surface area contributed by atoms with Gasteiger partial charge in [-0.2, -0.15) is 0 Å². The van der Waals surface area contributed by atoms with Crippen molar-refractivity contribution in [1.82, 2.24) is 0 Å². The highest BCUT2D eigenvalue weighted by Crippen LogP contribution is 2.07. The molecule has 0 bridgehead atoms. The van der Waals surface area contributed by atoms with E-state index in [1.54, 1.807) is 6.92 Å². The lowest BCUT2D eigenvalue weighted by Gasteiger charge is -1.97. The van der Waals surface area contributed by atoms with Crippen molar-refractivity contribution < 1.29 is 4.79 Å². The second kappa shape index (κ2) is 6.43. The molecule has 0 spiro atoms. The molecule has 0 aliphatic rings. The van der Waals surface area contributed by atoms with Gasteiger partial charge >= 0.3 is 0 Å². The molecule has 0 aromatic heterocycles. The van der Waals surface area contributed by atoms with Crippen molar-refractivity contribution in [3.63, 3.8) is 0 Å². The first-order valence-corrected chi connectivity index (χ1v) is 5.80. The summed E-state index contributed by atoms with van der Waals surface area (Å²) in [5.41, 5.74) is 7.76. The molecular formula is C12H15NOS. The molecule has 0 fully saturated rings. The molecule has 0 aliphatic carbocycles. The largest absolute Gasteiger partial charge is 0.326 e. The first-order chi connectivity index (χ1) is 7.22. The molecule has 15 heavy (non-hydrogen) atoms. The molecule has 1 aromatic carbocycles. The molecule has 0 saturated heterocycles. The summed E-state index contributed by atoms with van der Waals surface area (Å²) in [4.78, 5) is 10.7. The van der Waals surface area contributed by atoms with Gasteiger partial charge in [0.25, 0.3) is 0 Å². The minimum atomic E-state index is 0.151. The summed E-state index contributed by atoms with van der Waals surface area (Å²) in [6.45, 7) is 2.15. The van der Waals surface area contributed by atoms with Crippen molar-refractivity contribution in [2.75, 3.05) is 5.75 Å². The summed E-state index contributed by atoms with van der Waals surface area (Å²) >= 11 is 1.31. The third-order valence-electron chi connectivity index (χ3n) is 1.91. The Morgan fingerprint density at radius 2 is 2.07 bits per heavy atom. The zero-order valence-electron chi connectivity index (χ0n) is 8.77. The first kappa shape index (κ1) is 12.0. The molecule has 1 aromatic rings. The minimum absolute atomic E-state index is 0.151. The Balaban J connectivity index is 2.46. The lowest BCUT2D eigenvalue weighted by atomic mass is 10.1. The molecule has 0 atom stereocenters. The van der Waals surface area contributed by atoms with Crippen LogP contribution in [0, 0.1) is 0 Å². The number of thioether (sulfide) groups is 1. The van der Waals surface area contributed by atoms with Crippen LogP contribution in [0.4, 0.5) is 0 Å². The van der Waals surface area contributed by atoms with E-state index in [9.17, 15) is 4.79 Å². The molecule has 3 heteroatoms. The maximum Gasteiger partial charge on any atom is 0.186 e. The molecule has 1 rings (SSSR count). The standard InChI is InChI=1S/C12H15NOS/c1-10(14)15-8-2-3-11-4-6-12(9-13)7-5-11/h2-7H,8-9,13H2,1H3. The Kier molecular flexibility index (Phi) is 5.15. The Bertz CT molecular complexity index is 343. The van der Waals surface area contributed by atoms with Crippen LogP contribution in [-0.4, -0.2) is 10.9 Å². The van der Waals surface area contributed by atoms with E-state index in [0.29, 0.717) is 6.54 Å². The summed E-state index contributed by atoms with van der Waals surface area (Å²) < 4.78 is 0. The zero-order valence-corrected chi connectivity index (χ0v) is 9.59. The molecule has 2 N–H and O–H groups in total. The maximum absolute atomic E-state index is 10.7. The van der Waals surface area contributed by atoms with Crippen molar-refractivity contribution in [2.24, 2.45) is 5.73 Å². The van der Waals surface area contributed by atoms with Gasteiger partial charge in [0, 0.05) is 19.2 Å². The van der Waals surface area contributed by atoms with Gasteiger partial charge in [-0.15, -0.1) is 0 Å². The number of benzene rings is 1. The van der Waals surface area contributed by atoms with E-state index >= 15 is 0 Å². The van der Waals surface area contributed by atoms with Crippen LogP contribution in [0.2, 0.25) is 0 Å². The quantitative estimate of drug-likeness (QED) is 0.849. The fraction of sp³-hybridized carbons (Fsp3) is 0.250. The van der Waals surface area contributed by atoms with Crippen LogP contribution in [0.5, 0.6) is 0 Å². The third-order valence-corrected chi connectivity index (χ3v) is 2.67. The smallest absolute Gasteiger partial charge is 0.186 e. The van der Waals surface area contributed by atoms with E-state index in [4.69, 9.17) is 5.73 Å². The molecule has 0 saturated carbocycles. The second-order valence-electron chi connectivity index (χ2n) is 3.15. The van der Waals surface area contributed by atoms with E-state index < -0.39 is 0 Å². The highest BCUT2D eigenvalue weighted by atomic mass is 32.2. The molecule has 80 valence electrons. The number of carbonyl (C=O) groups excluding carboxylic acids is 1. The Morgan fingerprint density at radius 3 is 2.60 bits per heavy atom. The van der Waals surface area contributed by atoms with E-state index in [1.807, 2.05) is 36.4 Å². The summed E-state index contributed by atoms with van der Waals surface area (Å²) in [5, 5.41) is 0.151. The molecule has 0 amide bonds. The van der Waals surface area contributed by atoms with Gasteiger partial charge in [0.1, 0.15) is 0 Å². The number of nitrogens with two attached hydrogens (primary N) is 1. The van der Waals surface area contributed by atoms with Gasteiger partial charge in [-0.05, 0) is 11.1 Å². The van der Waals surface area contributed by atoms with Crippen LogP contribution in [0.1, 0.15) is 18.1 Å². The summed E-state index contributed by atoms with van der Waals surface area (Å²) in [6, 6.07) is 8.07. The molecule has 0 unspecified atom stereocenters. The van der Waals surface area contributed by atoms with Crippen LogP contribution in [0.3, 0.4) is 0 Å². The normalized spacial score (nSPS) is 10.8. The molecule has 0 radical (unpaired) electrons. The maximum atomic E-state index is 10.7. The topological polar surface area (TPSA) is 43.1 Å². The van der Waals surface area contributed by atoms with Crippen LogP contribution in [0.25, 0.3) is 6.08 Å². The monoisotopic (exact) mass is 221 g/mol.